The van der Waals surface area contributed by atoms with Gasteiger partial charge in [-0.25, -0.2) is 0 Å². The lowest BCUT2D eigenvalue weighted by molar-refractivity contribution is 0.103. The molecule has 0 aromatic heterocycles. The highest BCUT2D eigenvalue weighted by Crippen LogP contribution is 2.24. The third-order valence-electron chi connectivity index (χ3n) is 3.98. The van der Waals surface area contributed by atoms with E-state index in [-0.39, 0.29) is 18.1 Å². The van der Waals surface area contributed by atoms with Gasteiger partial charge < -0.3 is 0 Å². The molecule has 0 spiro atoms. The predicted octanol–water partition coefficient (Wildman–Crippen LogP) is 5.30. The van der Waals surface area contributed by atoms with Gasteiger partial charge in [-0.3, -0.25) is 8.98 Å². The van der Waals surface area contributed by atoms with Crippen LogP contribution < -0.4 is 0 Å². The molecule has 0 atom stereocenters. The second-order valence-electron chi connectivity index (χ2n) is 6.19. The number of aryl methyl sites for hydroxylation is 1. The average molecular weight is 429 g/mol. The van der Waals surface area contributed by atoms with Crippen molar-refractivity contribution in [2.75, 3.05) is 12.4 Å². The predicted molar refractivity (Wildman–Crippen MR) is 109 cm³/mol. The quantitative estimate of drug-likeness (QED) is 0.292. The number of carbonyl (C=O) groups is 1. The Morgan fingerprint density at radius 2 is 1.85 bits per heavy atom. The summed E-state index contributed by atoms with van der Waals surface area (Å²) < 4.78 is 28.6. The molecule has 0 aliphatic carbocycles. The number of carbonyl (C=O) groups excluding carboxylic acids is 1. The Morgan fingerprint density at radius 1 is 1.07 bits per heavy atom. The molecule has 7 heteroatoms. The summed E-state index contributed by atoms with van der Waals surface area (Å²) in [5.74, 6) is -0.269. The highest BCUT2D eigenvalue weighted by atomic mass is 35.5. The lowest BCUT2D eigenvalue weighted by Gasteiger charge is -2.08. The molecule has 0 saturated carbocycles. The molecule has 0 fully saturated rings. The van der Waals surface area contributed by atoms with Crippen LogP contribution in [0.1, 0.15) is 47.7 Å². The summed E-state index contributed by atoms with van der Waals surface area (Å²) in [7, 11) is -3.50. The third kappa shape index (κ3) is 6.92. The van der Waals surface area contributed by atoms with Crippen molar-refractivity contribution in [3.05, 3.63) is 69.2 Å². The van der Waals surface area contributed by atoms with Gasteiger partial charge in [-0.1, -0.05) is 54.7 Å². The molecule has 0 N–H and O–H groups in total. The molecule has 0 bridgehead atoms. The standard InChI is InChI=1S/C20H22Cl2O4S/c1-2-3-11-26-27(24,25)12-5-7-15-6-4-8-16(13-15)20(23)18-14-17(21)9-10-19(18)22/h4,6,8-10,13-14H,2-3,5,7,11-12H2,1H3. The number of halogens is 2. The lowest BCUT2D eigenvalue weighted by atomic mass is 10.00. The van der Waals surface area contributed by atoms with Crippen LogP contribution in [0, 0.1) is 0 Å². The molecule has 0 radical (unpaired) electrons. The Morgan fingerprint density at radius 3 is 2.59 bits per heavy atom. The fraction of sp³-hybridized carbons (Fsp3) is 0.350. The van der Waals surface area contributed by atoms with Crippen LogP contribution in [-0.2, 0) is 20.7 Å². The van der Waals surface area contributed by atoms with E-state index in [2.05, 4.69) is 0 Å². The summed E-state index contributed by atoms with van der Waals surface area (Å²) in [5.41, 5.74) is 1.70. The van der Waals surface area contributed by atoms with E-state index in [0.717, 1.165) is 18.4 Å². The first-order valence-corrected chi connectivity index (χ1v) is 11.1. The Bertz CT molecular complexity index is 895. The topological polar surface area (TPSA) is 60.4 Å². The van der Waals surface area contributed by atoms with Gasteiger partial charge in [0.05, 0.1) is 17.4 Å². The molecule has 2 rings (SSSR count). The van der Waals surface area contributed by atoms with E-state index in [1.165, 1.54) is 0 Å². The molecule has 0 amide bonds. The molecule has 0 saturated heterocycles. The average Bonchev–Trinajstić information content (AvgIpc) is 2.63. The van der Waals surface area contributed by atoms with Crippen LogP contribution in [0.3, 0.4) is 0 Å². The molecule has 146 valence electrons. The third-order valence-corrected chi connectivity index (χ3v) is 5.86. The van der Waals surface area contributed by atoms with Crippen molar-refractivity contribution in [1.82, 2.24) is 0 Å². The van der Waals surface area contributed by atoms with Crippen LogP contribution in [0.2, 0.25) is 10.0 Å². The van der Waals surface area contributed by atoms with Crippen LogP contribution in [-0.4, -0.2) is 26.6 Å². The van der Waals surface area contributed by atoms with E-state index < -0.39 is 10.1 Å². The SMILES string of the molecule is CCCCOS(=O)(=O)CCCc1cccc(C(=O)c2cc(Cl)ccc2Cl)c1. The first-order chi connectivity index (χ1) is 12.8. The number of ketones is 1. The summed E-state index contributed by atoms with van der Waals surface area (Å²) in [6.07, 6.45) is 2.55. The number of unbranched alkanes of at least 4 members (excludes halogenated alkanes) is 1. The fourth-order valence-electron chi connectivity index (χ4n) is 2.54. The molecule has 0 aliphatic heterocycles. The first kappa shape index (κ1) is 21.9. The Labute approximate surface area is 170 Å². The summed E-state index contributed by atoms with van der Waals surface area (Å²) >= 11 is 12.1. The highest BCUT2D eigenvalue weighted by Gasteiger charge is 2.15. The molecule has 0 heterocycles. The fourth-order valence-corrected chi connectivity index (χ4v) is 3.90. The smallest absolute Gasteiger partial charge is 0.267 e. The normalized spacial score (nSPS) is 11.5. The van der Waals surface area contributed by atoms with E-state index >= 15 is 0 Å². The summed E-state index contributed by atoms with van der Waals surface area (Å²) in [6.45, 7) is 2.20. The second kappa shape index (κ2) is 10.2. The van der Waals surface area contributed by atoms with Gasteiger partial charge in [0.1, 0.15) is 0 Å². The maximum Gasteiger partial charge on any atom is 0.267 e. The summed E-state index contributed by atoms with van der Waals surface area (Å²) in [4.78, 5) is 12.7. The number of hydrogen-bond donors (Lipinski definition) is 0. The van der Waals surface area contributed by atoms with Crippen molar-refractivity contribution in [1.29, 1.82) is 0 Å². The van der Waals surface area contributed by atoms with Crippen molar-refractivity contribution in [3.8, 4) is 0 Å². The molecule has 2 aromatic rings. The van der Waals surface area contributed by atoms with Gasteiger partial charge >= 0.3 is 0 Å². The molecular formula is C20H22Cl2O4S. The molecule has 0 aliphatic rings. The molecule has 27 heavy (non-hydrogen) atoms. The highest BCUT2D eigenvalue weighted by molar-refractivity contribution is 7.86. The molecule has 0 unspecified atom stereocenters. The number of hydrogen-bond acceptors (Lipinski definition) is 4. The Balaban J connectivity index is 2.01. The van der Waals surface area contributed by atoms with E-state index in [0.29, 0.717) is 34.0 Å². The van der Waals surface area contributed by atoms with Gasteiger partial charge in [0.15, 0.2) is 5.78 Å². The van der Waals surface area contributed by atoms with E-state index in [4.69, 9.17) is 27.4 Å². The van der Waals surface area contributed by atoms with Crippen molar-refractivity contribution in [3.63, 3.8) is 0 Å². The van der Waals surface area contributed by atoms with Gasteiger partial charge in [-0.05, 0) is 49.1 Å². The van der Waals surface area contributed by atoms with Gasteiger partial charge in [0.2, 0.25) is 0 Å². The van der Waals surface area contributed by atoms with Crippen LogP contribution in [0.15, 0.2) is 42.5 Å². The second-order valence-corrected chi connectivity index (χ2v) is 8.80. The molecule has 4 nitrogen and oxygen atoms in total. The van der Waals surface area contributed by atoms with E-state index in [1.807, 2.05) is 13.0 Å². The van der Waals surface area contributed by atoms with Crippen molar-refractivity contribution < 1.29 is 17.4 Å². The van der Waals surface area contributed by atoms with E-state index in [9.17, 15) is 13.2 Å². The van der Waals surface area contributed by atoms with Crippen LogP contribution in [0.5, 0.6) is 0 Å². The minimum atomic E-state index is -3.50. The van der Waals surface area contributed by atoms with Crippen molar-refractivity contribution in [2.45, 2.75) is 32.6 Å². The van der Waals surface area contributed by atoms with Gasteiger partial charge in [-0.2, -0.15) is 8.42 Å². The maximum atomic E-state index is 12.7. The number of benzene rings is 2. The summed E-state index contributed by atoms with van der Waals surface area (Å²) in [5, 5.41) is 0.775. The lowest BCUT2D eigenvalue weighted by Crippen LogP contribution is -2.12. The van der Waals surface area contributed by atoms with Gasteiger partial charge in [-0.15, -0.1) is 0 Å². The Hall–Kier alpha value is -1.40. The zero-order chi connectivity index (χ0) is 19.9. The molecular weight excluding hydrogens is 407 g/mol. The Kier molecular flexibility index (Phi) is 8.29. The maximum absolute atomic E-state index is 12.7. The monoisotopic (exact) mass is 428 g/mol. The van der Waals surface area contributed by atoms with Crippen molar-refractivity contribution in [2.24, 2.45) is 0 Å². The van der Waals surface area contributed by atoms with Crippen molar-refractivity contribution >= 4 is 39.1 Å². The zero-order valence-electron chi connectivity index (χ0n) is 15.1. The van der Waals surface area contributed by atoms with Gasteiger partial charge in [0, 0.05) is 16.1 Å². The van der Waals surface area contributed by atoms with E-state index in [1.54, 1.807) is 36.4 Å². The van der Waals surface area contributed by atoms with Crippen LogP contribution in [0.4, 0.5) is 0 Å². The first-order valence-electron chi connectivity index (χ1n) is 8.78. The van der Waals surface area contributed by atoms with Crippen LogP contribution >= 0.6 is 23.2 Å². The zero-order valence-corrected chi connectivity index (χ0v) is 17.4. The van der Waals surface area contributed by atoms with Crippen LogP contribution in [0.25, 0.3) is 0 Å². The molecule has 2 aromatic carbocycles. The number of rotatable bonds is 10. The minimum Gasteiger partial charge on any atom is -0.289 e. The minimum absolute atomic E-state index is 0.0466. The van der Waals surface area contributed by atoms with Gasteiger partial charge in [0.25, 0.3) is 10.1 Å². The largest absolute Gasteiger partial charge is 0.289 e. The summed E-state index contributed by atoms with van der Waals surface area (Å²) in [6, 6.07) is 11.8.